The highest BCUT2D eigenvalue weighted by molar-refractivity contribution is 5.76. The first kappa shape index (κ1) is 15.3. The number of benzene rings is 1. The van der Waals surface area contributed by atoms with Crippen LogP contribution < -0.4 is 10.1 Å². The number of para-hydroxylation sites is 1. The van der Waals surface area contributed by atoms with Crippen molar-refractivity contribution >= 4 is 11.7 Å². The molecule has 1 aromatic rings. The molecule has 4 nitrogen and oxygen atoms in total. The quantitative estimate of drug-likeness (QED) is 0.326. The molecule has 0 atom stereocenters. The molecule has 1 aromatic carbocycles. The molecule has 2 N–H and O–H groups in total. The summed E-state index contributed by atoms with van der Waals surface area (Å²) in [6.45, 7) is 2.16. The van der Waals surface area contributed by atoms with Crippen molar-refractivity contribution in [1.29, 1.82) is 0 Å². The first-order valence-electron chi connectivity index (χ1n) is 6.89. The van der Waals surface area contributed by atoms with E-state index in [9.17, 15) is 9.90 Å². The largest absolute Gasteiger partial charge is 0.506 e. The zero-order chi connectivity index (χ0) is 14.1. The second-order valence-electron chi connectivity index (χ2n) is 4.54. The molecule has 0 amide bonds. The van der Waals surface area contributed by atoms with E-state index < -0.39 is 0 Å². The lowest BCUT2D eigenvalue weighted by atomic mass is 10.1. The summed E-state index contributed by atoms with van der Waals surface area (Å²) < 4.78 is 5.26. The lowest BCUT2D eigenvalue weighted by Gasteiger charge is -2.10. The maximum atomic E-state index is 11.7. The van der Waals surface area contributed by atoms with Crippen molar-refractivity contribution in [2.75, 3.05) is 12.4 Å². The molecule has 19 heavy (non-hydrogen) atoms. The summed E-state index contributed by atoms with van der Waals surface area (Å²) in [6, 6.07) is 4.87. The van der Waals surface area contributed by atoms with Crippen molar-refractivity contribution in [2.24, 2.45) is 0 Å². The van der Waals surface area contributed by atoms with E-state index in [2.05, 4.69) is 12.2 Å². The van der Waals surface area contributed by atoms with Crippen molar-refractivity contribution in [1.82, 2.24) is 0 Å². The van der Waals surface area contributed by atoms with Crippen LogP contribution in [0.1, 0.15) is 45.4 Å². The Kier molecular flexibility index (Phi) is 6.79. The van der Waals surface area contributed by atoms with Gasteiger partial charge in [0, 0.05) is 13.5 Å². The average Bonchev–Trinajstić information content (AvgIpc) is 2.39. The molecule has 0 aliphatic heterocycles. The van der Waals surface area contributed by atoms with Gasteiger partial charge < -0.3 is 15.2 Å². The van der Waals surface area contributed by atoms with Crippen molar-refractivity contribution in [3.05, 3.63) is 18.2 Å². The van der Waals surface area contributed by atoms with Gasteiger partial charge >= 0.3 is 5.97 Å². The van der Waals surface area contributed by atoms with E-state index in [1.807, 2.05) is 0 Å². The lowest BCUT2D eigenvalue weighted by Crippen LogP contribution is -2.09. The lowest BCUT2D eigenvalue weighted by molar-refractivity contribution is -0.134. The van der Waals surface area contributed by atoms with Gasteiger partial charge in [0.1, 0.15) is 11.4 Å². The van der Waals surface area contributed by atoms with Crippen molar-refractivity contribution in [2.45, 2.75) is 45.4 Å². The molecule has 4 heteroatoms. The number of rotatable bonds is 8. The third-order valence-corrected chi connectivity index (χ3v) is 2.96. The Balaban J connectivity index is 2.42. The summed E-state index contributed by atoms with van der Waals surface area (Å²) in [4.78, 5) is 11.7. The Morgan fingerprint density at radius 3 is 2.68 bits per heavy atom. The summed E-state index contributed by atoms with van der Waals surface area (Å²) in [6.07, 6.45) is 5.90. The molecular weight excluding hydrogens is 242 g/mol. The van der Waals surface area contributed by atoms with Crippen LogP contribution in [0.3, 0.4) is 0 Å². The van der Waals surface area contributed by atoms with Gasteiger partial charge in [-0.2, -0.15) is 0 Å². The Morgan fingerprint density at radius 2 is 2.00 bits per heavy atom. The van der Waals surface area contributed by atoms with E-state index in [4.69, 9.17) is 4.74 Å². The fourth-order valence-electron chi connectivity index (χ4n) is 1.90. The standard InChI is InChI=1S/C15H23NO3/c1-3-4-5-6-7-11-14(18)19-13-10-8-9-12(17)15(13)16-2/h8-10,16-17H,3-7,11H2,1-2H3. The molecular formula is C15H23NO3. The van der Waals surface area contributed by atoms with Gasteiger partial charge in [-0.05, 0) is 18.6 Å². The average molecular weight is 265 g/mol. The Morgan fingerprint density at radius 1 is 1.26 bits per heavy atom. The van der Waals surface area contributed by atoms with Crippen LogP contribution in [0.5, 0.6) is 11.5 Å². The first-order valence-corrected chi connectivity index (χ1v) is 6.89. The highest BCUT2D eigenvalue weighted by Gasteiger charge is 2.11. The number of hydrogen-bond acceptors (Lipinski definition) is 4. The van der Waals surface area contributed by atoms with Gasteiger partial charge in [0.25, 0.3) is 0 Å². The summed E-state index contributed by atoms with van der Waals surface area (Å²) in [5.74, 6) is 0.204. The number of nitrogens with one attached hydrogen (secondary N) is 1. The van der Waals surface area contributed by atoms with Crippen LogP contribution in [-0.2, 0) is 4.79 Å². The molecule has 0 aromatic heterocycles. The van der Waals surface area contributed by atoms with Crippen molar-refractivity contribution in [3.8, 4) is 11.5 Å². The molecule has 106 valence electrons. The molecule has 0 heterocycles. The molecule has 0 radical (unpaired) electrons. The number of phenols is 1. The van der Waals surface area contributed by atoms with E-state index in [0.29, 0.717) is 17.9 Å². The van der Waals surface area contributed by atoms with Gasteiger partial charge in [-0.1, -0.05) is 38.7 Å². The van der Waals surface area contributed by atoms with Crippen LogP contribution in [0.15, 0.2) is 18.2 Å². The molecule has 0 saturated carbocycles. The normalized spacial score (nSPS) is 10.2. The minimum Gasteiger partial charge on any atom is -0.506 e. The molecule has 0 unspecified atom stereocenters. The van der Waals surface area contributed by atoms with Gasteiger partial charge in [0.2, 0.25) is 0 Å². The minimum atomic E-state index is -0.251. The molecule has 0 saturated heterocycles. The monoisotopic (exact) mass is 265 g/mol. The number of carbonyl (C=O) groups is 1. The topological polar surface area (TPSA) is 58.6 Å². The van der Waals surface area contributed by atoms with Gasteiger partial charge in [0.15, 0.2) is 5.75 Å². The number of unbranched alkanes of at least 4 members (excludes halogenated alkanes) is 4. The van der Waals surface area contributed by atoms with Crippen molar-refractivity contribution < 1.29 is 14.6 Å². The molecule has 0 fully saturated rings. The summed E-state index contributed by atoms with van der Waals surface area (Å²) in [7, 11) is 1.68. The Hall–Kier alpha value is -1.71. The van der Waals surface area contributed by atoms with E-state index in [-0.39, 0.29) is 11.7 Å². The van der Waals surface area contributed by atoms with Crippen LogP contribution in [0, 0.1) is 0 Å². The summed E-state index contributed by atoms with van der Waals surface area (Å²) in [5.41, 5.74) is 0.446. The molecule has 1 rings (SSSR count). The fourth-order valence-corrected chi connectivity index (χ4v) is 1.90. The summed E-state index contributed by atoms with van der Waals surface area (Å²) >= 11 is 0. The van der Waals surface area contributed by atoms with Gasteiger partial charge in [-0.25, -0.2) is 0 Å². The predicted octanol–water partition coefficient (Wildman–Crippen LogP) is 3.70. The third kappa shape index (κ3) is 5.20. The maximum Gasteiger partial charge on any atom is 0.311 e. The zero-order valence-corrected chi connectivity index (χ0v) is 11.7. The van der Waals surface area contributed by atoms with Crippen LogP contribution >= 0.6 is 0 Å². The van der Waals surface area contributed by atoms with Crippen LogP contribution in [-0.4, -0.2) is 18.1 Å². The number of hydrogen-bond donors (Lipinski definition) is 2. The zero-order valence-electron chi connectivity index (χ0n) is 11.7. The number of carbonyl (C=O) groups excluding carboxylic acids is 1. The third-order valence-electron chi connectivity index (χ3n) is 2.96. The van der Waals surface area contributed by atoms with Crippen LogP contribution in [0.2, 0.25) is 0 Å². The van der Waals surface area contributed by atoms with E-state index in [1.54, 1.807) is 25.2 Å². The van der Waals surface area contributed by atoms with Gasteiger partial charge in [-0.3, -0.25) is 4.79 Å². The van der Waals surface area contributed by atoms with Gasteiger partial charge in [0.05, 0.1) is 0 Å². The number of esters is 1. The fraction of sp³-hybridized carbons (Fsp3) is 0.533. The number of ether oxygens (including phenoxy) is 1. The minimum absolute atomic E-state index is 0.0794. The predicted molar refractivity (Wildman–Crippen MR) is 76.7 cm³/mol. The Bertz CT molecular complexity index is 404. The first-order chi connectivity index (χ1) is 9.19. The summed E-state index contributed by atoms with van der Waals surface area (Å²) in [5, 5.41) is 12.4. The molecule has 0 bridgehead atoms. The van der Waals surface area contributed by atoms with E-state index >= 15 is 0 Å². The molecule has 0 aliphatic carbocycles. The van der Waals surface area contributed by atoms with Crippen LogP contribution in [0.4, 0.5) is 5.69 Å². The smallest absolute Gasteiger partial charge is 0.311 e. The number of phenolic OH excluding ortho intramolecular Hbond substituents is 1. The molecule has 0 aliphatic rings. The maximum absolute atomic E-state index is 11.7. The van der Waals surface area contributed by atoms with Gasteiger partial charge in [-0.15, -0.1) is 0 Å². The Labute approximate surface area is 114 Å². The highest BCUT2D eigenvalue weighted by atomic mass is 16.5. The van der Waals surface area contributed by atoms with E-state index in [0.717, 1.165) is 19.3 Å². The number of anilines is 1. The number of aromatic hydroxyl groups is 1. The van der Waals surface area contributed by atoms with Crippen LogP contribution in [0.25, 0.3) is 0 Å². The molecule has 0 spiro atoms. The van der Waals surface area contributed by atoms with E-state index in [1.165, 1.54) is 12.8 Å². The highest BCUT2D eigenvalue weighted by Crippen LogP contribution is 2.33. The van der Waals surface area contributed by atoms with Crippen molar-refractivity contribution in [3.63, 3.8) is 0 Å². The SMILES string of the molecule is CCCCCCCC(=O)Oc1cccc(O)c1NC. The second kappa shape index (κ2) is 8.40. The second-order valence-corrected chi connectivity index (χ2v) is 4.54.